The molecule has 0 aromatic heterocycles. The van der Waals surface area contributed by atoms with E-state index in [9.17, 15) is 4.79 Å². The van der Waals surface area contributed by atoms with Gasteiger partial charge in [0.1, 0.15) is 6.10 Å². The van der Waals surface area contributed by atoms with Crippen molar-refractivity contribution < 1.29 is 9.53 Å². The number of cyclic esters (lactones) is 1. The molecule has 1 atom stereocenters. The molecule has 2 heterocycles. The molecule has 3 nitrogen and oxygen atoms in total. The first-order chi connectivity index (χ1) is 9.74. The second kappa shape index (κ2) is 7.73. The first kappa shape index (κ1) is 16.9. The first-order valence-electron chi connectivity index (χ1n) is 7.07. The van der Waals surface area contributed by atoms with E-state index in [1.54, 1.807) is 11.8 Å². The van der Waals surface area contributed by atoms with Crippen molar-refractivity contribution in [3.05, 3.63) is 28.3 Å². The summed E-state index contributed by atoms with van der Waals surface area (Å²) in [6.07, 6.45) is 3.50. The van der Waals surface area contributed by atoms with E-state index in [2.05, 4.69) is 11.4 Å². The fourth-order valence-corrected chi connectivity index (χ4v) is 4.28. The number of esters is 1. The summed E-state index contributed by atoms with van der Waals surface area (Å²) in [5.41, 5.74) is 2.77. The zero-order chi connectivity index (χ0) is 13.9. The van der Waals surface area contributed by atoms with E-state index in [0.29, 0.717) is 6.42 Å². The van der Waals surface area contributed by atoms with Crippen LogP contribution in [0.5, 0.6) is 0 Å². The van der Waals surface area contributed by atoms with Gasteiger partial charge in [0.25, 0.3) is 0 Å². The summed E-state index contributed by atoms with van der Waals surface area (Å²) < 4.78 is 5.28. The Hall–Kier alpha value is -0.420. The number of hydrogen-bond donors (Lipinski definition) is 1. The number of thioether (sulfide) groups is 1. The second-order valence-corrected chi connectivity index (χ2v) is 6.66. The van der Waals surface area contributed by atoms with Gasteiger partial charge in [-0.2, -0.15) is 0 Å². The fourth-order valence-electron chi connectivity index (χ4n) is 2.74. The Balaban J connectivity index is 0.00000161. The van der Waals surface area contributed by atoms with E-state index in [-0.39, 0.29) is 24.5 Å². The highest BCUT2D eigenvalue weighted by Crippen LogP contribution is 2.35. The molecule has 0 bridgehead atoms. The van der Waals surface area contributed by atoms with E-state index in [1.165, 1.54) is 16.0 Å². The summed E-state index contributed by atoms with van der Waals surface area (Å²) in [6, 6.07) is 4.14. The number of fused-ring (bicyclic) bond motifs is 1. The topological polar surface area (TPSA) is 38.3 Å². The normalized spacial score (nSPS) is 21.2. The minimum absolute atomic E-state index is 0. The molecule has 1 N–H and O–H groups in total. The van der Waals surface area contributed by atoms with Gasteiger partial charge in [0.15, 0.2) is 0 Å². The SMILES string of the molecule is Cl.O=C1CC[C@@H](CSc2c(Cl)ccc3c2CCNCC3)O1. The highest BCUT2D eigenvalue weighted by atomic mass is 35.5. The van der Waals surface area contributed by atoms with Gasteiger partial charge in [-0.25, -0.2) is 0 Å². The highest BCUT2D eigenvalue weighted by Gasteiger charge is 2.24. The van der Waals surface area contributed by atoms with Crippen molar-refractivity contribution in [1.29, 1.82) is 0 Å². The number of nitrogens with one attached hydrogen (secondary N) is 1. The van der Waals surface area contributed by atoms with Gasteiger partial charge in [-0.1, -0.05) is 17.7 Å². The number of halogens is 2. The van der Waals surface area contributed by atoms with E-state index >= 15 is 0 Å². The summed E-state index contributed by atoms with van der Waals surface area (Å²) in [5.74, 6) is 0.729. The van der Waals surface area contributed by atoms with Crippen LogP contribution in [0.3, 0.4) is 0 Å². The minimum Gasteiger partial charge on any atom is -0.461 e. The molecule has 1 aromatic rings. The summed E-state index contributed by atoms with van der Waals surface area (Å²) in [6.45, 7) is 2.03. The molecular weight excluding hydrogens is 329 g/mol. The quantitative estimate of drug-likeness (QED) is 0.672. The Morgan fingerprint density at radius 3 is 2.86 bits per heavy atom. The zero-order valence-corrected chi connectivity index (χ0v) is 14.1. The van der Waals surface area contributed by atoms with Crippen molar-refractivity contribution in [2.75, 3.05) is 18.8 Å². The van der Waals surface area contributed by atoms with Crippen molar-refractivity contribution in [3.63, 3.8) is 0 Å². The molecule has 1 saturated heterocycles. The summed E-state index contributed by atoms with van der Waals surface area (Å²) >= 11 is 8.11. The third-order valence-corrected chi connectivity index (χ3v) is 5.53. The molecule has 1 fully saturated rings. The predicted octanol–water partition coefficient (Wildman–Crippen LogP) is 3.25. The van der Waals surface area contributed by atoms with E-state index in [0.717, 1.165) is 43.1 Å². The maximum Gasteiger partial charge on any atom is 0.306 e. The smallest absolute Gasteiger partial charge is 0.306 e. The number of ether oxygens (including phenoxy) is 1. The highest BCUT2D eigenvalue weighted by molar-refractivity contribution is 7.99. The van der Waals surface area contributed by atoms with Crippen LogP contribution < -0.4 is 5.32 Å². The molecule has 2 aliphatic rings. The molecule has 1 aromatic carbocycles. The van der Waals surface area contributed by atoms with Crippen LogP contribution in [0.1, 0.15) is 24.0 Å². The Morgan fingerprint density at radius 1 is 1.29 bits per heavy atom. The Kier molecular flexibility index (Phi) is 6.23. The lowest BCUT2D eigenvalue weighted by molar-refractivity contribution is -0.140. The van der Waals surface area contributed by atoms with E-state index in [1.807, 2.05) is 6.07 Å². The van der Waals surface area contributed by atoms with Crippen LogP contribution in [0.15, 0.2) is 17.0 Å². The van der Waals surface area contributed by atoms with E-state index in [4.69, 9.17) is 16.3 Å². The minimum atomic E-state index is -0.0715. The molecule has 0 radical (unpaired) electrons. The molecule has 6 heteroatoms. The van der Waals surface area contributed by atoms with Crippen LogP contribution in [-0.2, 0) is 22.4 Å². The Labute approximate surface area is 140 Å². The fraction of sp³-hybridized carbons (Fsp3) is 0.533. The van der Waals surface area contributed by atoms with Gasteiger partial charge in [-0.3, -0.25) is 4.79 Å². The lowest BCUT2D eigenvalue weighted by Gasteiger charge is -2.15. The number of hydrogen-bond acceptors (Lipinski definition) is 4. The zero-order valence-electron chi connectivity index (χ0n) is 11.7. The standard InChI is InChI=1S/C15H18ClNO2S.ClH/c16-13-3-1-10-5-7-17-8-6-12(10)15(13)20-9-11-2-4-14(18)19-11;/h1,3,11,17H,2,4-9H2;1H/t11-;/m0./s1. The van der Waals surface area contributed by atoms with Gasteiger partial charge in [-0.15, -0.1) is 24.2 Å². The van der Waals surface area contributed by atoms with Gasteiger partial charge in [0, 0.05) is 17.1 Å². The van der Waals surface area contributed by atoms with Gasteiger partial charge >= 0.3 is 5.97 Å². The van der Waals surface area contributed by atoms with Gasteiger partial charge < -0.3 is 10.1 Å². The van der Waals surface area contributed by atoms with Crippen molar-refractivity contribution >= 4 is 41.7 Å². The summed E-state index contributed by atoms with van der Waals surface area (Å²) in [7, 11) is 0. The van der Waals surface area contributed by atoms with Crippen molar-refractivity contribution in [2.24, 2.45) is 0 Å². The molecule has 0 aliphatic carbocycles. The van der Waals surface area contributed by atoms with Crippen LogP contribution in [-0.4, -0.2) is 30.9 Å². The van der Waals surface area contributed by atoms with Crippen LogP contribution in [0, 0.1) is 0 Å². The lowest BCUT2D eigenvalue weighted by atomic mass is 10.0. The number of carbonyl (C=O) groups excluding carboxylic acids is 1. The maximum atomic E-state index is 11.1. The van der Waals surface area contributed by atoms with E-state index < -0.39 is 0 Å². The largest absolute Gasteiger partial charge is 0.461 e. The van der Waals surface area contributed by atoms with Crippen LogP contribution in [0.4, 0.5) is 0 Å². The molecule has 3 rings (SSSR count). The van der Waals surface area contributed by atoms with Crippen LogP contribution in [0.2, 0.25) is 5.02 Å². The Bertz CT molecular complexity index is 525. The monoisotopic (exact) mass is 347 g/mol. The molecule has 0 saturated carbocycles. The molecule has 0 unspecified atom stereocenters. The van der Waals surface area contributed by atoms with Gasteiger partial charge in [0.2, 0.25) is 0 Å². The van der Waals surface area contributed by atoms with Crippen molar-refractivity contribution in [1.82, 2.24) is 5.32 Å². The molecule has 0 amide bonds. The lowest BCUT2D eigenvalue weighted by Crippen LogP contribution is -2.16. The first-order valence-corrected chi connectivity index (χ1v) is 8.43. The summed E-state index contributed by atoms with van der Waals surface area (Å²) in [4.78, 5) is 12.3. The molecule has 2 aliphatic heterocycles. The van der Waals surface area contributed by atoms with Crippen molar-refractivity contribution in [3.8, 4) is 0 Å². The van der Waals surface area contributed by atoms with Crippen molar-refractivity contribution in [2.45, 2.75) is 36.7 Å². The maximum absolute atomic E-state index is 11.1. The average molecular weight is 348 g/mol. The second-order valence-electron chi connectivity index (χ2n) is 5.23. The number of benzene rings is 1. The molecule has 0 spiro atoms. The average Bonchev–Trinajstić information content (AvgIpc) is 2.71. The third kappa shape index (κ3) is 4.07. The van der Waals surface area contributed by atoms with Gasteiger partial charge in [0.05, 0.1) is 5.02 Å². The van der Waals surface area contributed by atoms with Gasteiger partial charge in [-0.05, 0) is 49.5 Å². The summed E-state index contributed by atoms with van der Waals surface area (Å²) in [5, 5.41) is 4.24. The number of rotatable bonds is 3. The van der Waals surface area contributed by atoms with Crippen LogP contribution >= 0.6 is 35.8 Å². The Morgan fingerprint density at radius 2 is 2.10 bits per heavy atom. The number of carbonyl (C=O) groups is 1. The third-order valence-electron chi connectivity index (χ3n) is 3.81. The molecule has 116 valence electrons. The van der Waals surface area contributed by atoms with Crippen LogP contribution in [0.25, 0.3) is 0 Å². The molecular formula is C15H19Cl2NO2S. The molecule has 21 heavy (non-hydrogen) atoms. The predicted molar refractivity (Wildman–Crippen MR) is 88.8 cm³/mol.